The number of hydrogen-bond acceptors (Lipinski definition) is 3. The molecular formula is C12H14FN3O2. The molecule has 0 aromatic carbocycles. The number of halogens is 1. The summed E-state index contributed by atoms with van der Waals surface area (Å²) in [5.74, 6) is -1.59. The summed E-state index contributed by atoms with van der Waals surface area (Å²) in [6, 6.07) is 2.64. The van der Waals surface area contributed by atoms with Gasteiger partial charge in [-0.15, -0.1) is 0 Å². The summed E-state index contributed by atoms with van der Waals surface area (Å²) in [7, 11) is 0. The highest BCUT2D eigenvalue weighted by Crippen LogP contribution is 2.18. The summed E-state index contributed by atoms with van der Waals surface area (Å²) >= 11 is 0. The van der Waals surface area contributed by atoms with E-state index < -0.39 is 11.7 Å². The molecular weight excluding hydrogens is 237 g/mol. The second kappa shape index (κ2) is 5.12. The van der Waals surface area contributed by atoms with Crippen molar-refractivity contribution in [1.29, 1.82) is 0 Å². The van der Waals surface area contributed by atoms with Gasteiger partial charge in [0.15, 0.2) is 11.5 Å². The van der Waals surface area contributed by atoms with Crippen molar-refractivity contribution >= 4 is 11.8 Å². The number of hydrogen-bond donors (Lipinski definition) is 1. The van der Waals surface area contributed by atoms with Crippen LogP contribution in [0.1, 0.15) is 23.3 Å². The summed E-state index contributed by atoms with van der Waals surface area (Å²) < 4.78 is 13.4. The standard InChI is InChI=1S/C12H14FN3O2/c13-9-2-1-5-15-10(9)12(18)16-6-3-8(4-7-16)11(14)17/h1-2,5,8H,3-4,6-7H2,(H2,14,17). The molecule has 1 aromatic rings. The van der Waals surface area contributed by atoms with Crippen LogP contribution in [-0.2, 0) is 4.79 Å². The van der Waals surface area contributed by atoms with Crippen molar-refractivity contribution in [2.24, 2.45) is 11.7 Å². The average Bonchev–Trinajstić information content (AvgIpc) is 2.38. The predicted octanol–water partition coefficient (Wildman–Crippen LogP) is 0.558. The normalized spacial score (nSPS) is 16.6. The molecule has 1 aliphatic rings. The Balaban J connectivity index is 2.04. The van der Waals surface area contributed by atoms with Crippen molar-refractivity contribution in [3.05, 3.63) is 29.8 Å². The second-order valence-electron chi connectivity index (χ2n) is 4.30. The van der Waals surface area contributed by atoms with Crippen molar-refractivity contribution in [2.45, 2.75) is 12.8 Å². The maximum atomic E-state index is 13.4. The van der Waals surface area contributed by atoms with Gasteiger partial charge in [0.1, 0.15) is 0 Å². The number of aromatic nitrogens is 1. The first-order valence-corrected chi connectivity index (χ1v) is 5.78. The van der Waals surface area contributed by atoms with Crippen LogP contribution in [0.15, 0.2) is 18.3 Å². The third-order valence-electron chi connectivity index (χ3n) is 3.15. The zero-order valence-electron chi connectivity index (χ0n) is 9.80. The van der Waals surface area contributed by atoms with E-state index in [2.05, 4.69) is 4.98 Å². The maximum Gasteiger partial charge on any atom is 0.275 e. The monoisotopic (exact) mass is 251 g/mol. The third-order valence-corrected chi connectivity index (χ3v) is 3.15. The summed E-state index contributed by atoms with van der Waals surface area (Å²) in [4.78, 5) is 28.3. The third kappa shape index (κ3) is 2.47. The molecule has 1 aliphatic heterocycles. The topological polar surface area (TPSA) is 76.3 Å². The molecule has 18 heavy (non-hydrogen) atoms. The lowest BCUT2D eigenvalue weighted by Gasteiger charge is -2.30. The number of pyridine rings is 1. The van der Waals surface area contributed by atoms with Gasteiger partial charge < -0.3 is 10.6 Å². The fraction of sp³-hybridized carbons (Fsp3) is 0.417. The number of piperidine rings is 1. The number of rotatable bonds is 2. The lowest BCUT2D eigenvalue weighted by atomic mass is 9.96. The number of nitrogens with two attached hydrogens (primary N) is 1. The highest BCUT2D eigenvalue weighted by atomic mass is 19.1. The van der Waals surface area contributed by atoms with Gasteiger partial charge in [0, 0.05) is 25.2 Å². The Morgan fingerprint density at radius 3 is 2.61 bits per heavy atom. The lowest BCUT2D eigenvalue weighted by Crippen LogP contribution is -2.42. The molecule has 0 aliphatic carbocycles. The van der Waals surface area contributed by atoms with Gasteiger partial charge in [0.2, 0.25) is 5.91 Å². The minimum absolute atomic E-state index is 0.171. The number of primary amides is 1. The summed E-state index contributed by atoms with van der Waals surface area (Å²) in [5.41, 5.74) is 5.04. The molecule has 0 unspecified atom stereocenters. The zero-order chi connectivity index (χ0) is 13.1. The van der Waals surface area contributed by atoms with E-state index in [1.807, 2.05) is 0 Å². The molecule has 0 bridgehead atoms. The fourth-order valence-electron chi connectivity index (χ4n) is 2.06. The van der Waals surface area contributed by atoms with Crippen LogP contribution in [0.3, 0.4) is 0 Å². The van der Waals surface area contributed by atoms with Crippen molar-refractivity contribution < 1.29 is 14.0 Å². The maximum absolute atomic E-state index is 13.4. The Morgan fingerprint density at radius 1 is 1.39 bits per heavy atom. The van der Waals surface area contributed by atoms with Crippen LogP contribution in [0.2, 0.25) is 0 Å². The first-order chi connectivity index (χ1) is 8.59. The van der Waals surface area contributed by atoms with Gasteiger partial charge in [0.25, 0.3) is 5.91 Å². The number of nitrogens with zero attached hydrogens (tertiary/aromatic N) is 2. The minimum Gasteiger partial charge on any atom is -0.369 e. The highest BCUT2D eigenvalue weighted by Gasteiger charge is 2.28. The van der Waals surface area contributed by atoms with Crippen LogP contribution in [0.4, 0.5) is 4.39 Å². The Morgan fingerprint density at radius 2 is 2.06 bits per heavy atom. The fourth-order valence-corrected chi connectivity index (χ4v) is 2.06. The van der Waals surface area contributed by atoms with Crippen LogP contribution < -0.4 is 5.73 Å². The molecule has 96 valence electrons. The Hall–Kier alpha value is -1.98. The molecule has 0 radical (unpaired) electrons. The Bertz CT molecular complexity index is 470. The lowest BCUT2D eigenvalue weighted by molar-refractivity contribution is -0.123. The first kappa shape index (κ1) is 12.5. The number of carbonyl (C=O) groups excluding carboxylic acids is 2. The van der Waals surface area contributed by atoms with E-state index in [0.717, 1.165) is 0 Å². The van der Waals surface area contributed by atoms with Gasteiger partial charge in [-0.3, -0.25) is 9.59 Å². The molecule has 5 nitrogen and oxygen atoms in total. The number of likely N-dealkylation sites (tertiary alicyclic amines) is 1. The van der Waals surface area contributed by atoms with Crippen LogP contribution in [0.5, 0.6) is 0 Å². The van der Waals surface area contributed by atoms with Gasteiger partial charge >= 0.3 is 0 Å². The van der Waals surface area contributed by atoms with Crippen molar-refractivity contribution in [1.82, 2.24) is 9.88 Å². The summed E-state index contributed by atoms with van der Waals surface area (Å²) in [6.45, 7) is 0.810. The van der Waals surface area contributed by atoms with Crippen LogP contribution >= 0.6 is 0 Å². The minimum atomic E-state index is -0.625. The SMILES string of the molecule is NC(=O)C1CCN(C(=O)c2ncccc2F)CC1. The number of amides is 2. The molecule has 1 saturated heterocycles. The second-order valence-corrected chi connectivity index (χ2v) is 4.30. The van der Waals surface area contributed by atoms with Crippen molar-refractivity contribution in [2.75, 3.05) is 13.1 Å². The van der Waals surface area contributed by atoms with Crippen LogP contribution in [0, 0.1) is 11.7 Å². The smallest absolute Gasteiger partial charge is 0.275 e. The van der Waals surface area contributed by atoms with E-state index >= 15 is 0 Å². The van der Waals surface area contributed by atoms with Gasteiger partial charge in [-0.1, -0.05) is 0 Å². The predicted molar refractivity (Wildman–Crippen MR) is 62.0 cm³/mol. The van der Waals surface area contributed by atoms with E-state index in [-0.39, 0.29) is 17.5 Å². The van der Waals surface area contributed by atoms with Crippen molar-refractivity contribution in [3.8, 4) is 0 Å². The summed E-state index contributed by atoms with van der Waals surface area (Å²) in [6.07, 6.45) is 2.43. The van der Waals surface area contributed by atoms with Crippen molar-refractivity contribution in [3.63, 3.8) is 0 Å². The van der Waals surface area contributed by atoms with E-state index in [0.29, 0.717) is 25.9 Å². The van der Waals surface area contributed by atoms with E-state index in [4.69, 9.17) is 5.73 Å². The summed E-state index contributed by atoms with van der Waals surface area (Å²) in [5, 5.41) is 0. The molecule has 1 fully saturated rings. The Labute approximate surface area is 104 Å². The number of carbonyl (C=O) groups is 2. The quantitative estimate of drug-likeness (QED) is 0.834. The molecule has 2 amide bonds. The molecule has 0 spiro atoms. The van der Waals surface area contributed by atoms with Gasteiger partial charge in [0.05, 0.1) is 0 Å². The van der Waals surface area contributed by atoms with Gasteiger partial charge in [-0.25, -0.2) is 9.37 Å². The first-order valence-electron chi connectivity index (χ1n) is 5.78. The molecule has 2 rings (SSSR count). The molecule has 6 heteroatoms. The van der Waals surface area contributed by atoms with Crippen LogP contribution in [-0.4, -0.2) is 34.8 Å². The molecule has 2 N–H and O–H groups in total. The van der Waals surface area contributed by atoms with E-state index in [1.165, 1.54) is 23.2 Å². The van der Waals surface area contributed by atoms with Gasteiger partial charge in [-0.2, -0.15) is 0 Å². The molecule has 1 aromatic heterocycles. The Kier molecular flexibility index (Phi) is 3.55. The highest BCUT2D eigenvalue weighted by molar-refractivity contribution is 5.92. The molecule has 2 heterocycles. The van der Waals surface area contributed by atoms with Crippen LogP contribution in [0.25, 0.3) is 0 Å². The largest absolute Gasteiger partial charge is 0.369 e. The van der Waals surface area contributed by atoms with Gasteiger partial charge in [-0.05, 0) is 25.0 Å². The van der Waals surface area contributed by atoms with E-state index in [9.17, 15) is 14.0 Å². The average molecular weight is 251 g/mol. The molecule has 0 saturated carbocycles. The zero-order valence-corrected chi connectivity index (χ0v) is 9.80. The molecule has 0 atom stereocenters. The van der Waals surface area contributed by atoms with E-state index in [1.54, 1.807) is 0 Å².